The Morgan fingerprint density at radius 1 is 0.882 bits per heavy atom. The second-order valence-corrected chi connectivity index (χ2v) is 8.35. The quantitative estimate of drug-likeness (QED) is 0.167. The average Bonchev–Trinajstić information content (AvgIpc) is 3.29. The van der Waals surface area contributed by atoms with Gasteiger partial charge in [0, 0.05) is 11.4 Å². The number of carbonyl (C=O) groups excluding carboxylic acids is 1. The van der Waals surface area contributed by atoms with E-state index < -0.39 is 0 Å². The lowest BCUT2D eigenvalue weighted by Crippen LogP contribution is -2.08. The molecule has 0 fully saturated rings. The molecule has 0 bridgehead atoms. The molecule has 0 radical (unpaired) electrons. The van der Waals surface area contributed by atoms with Crippen LogP contribution in [-0.2, 0) is 6.61 Å². The van der Waals surface area contributed by atoms with Crippen molar-refractivity contribution in [3.8, 4) is 22.9 Å². The lowest BCUT2D eigenvalue weighted by Gasteiger charge is -2.12. The van der Waals surface area contributed by atoms with E-state index in [1.807, 2.05) is 77.4 Å². The number of para-hydroxylation sites is 2. The number of thioether (sulfide) groups is 1. The van der Waals surface area contributed by atoms with Crippen LogP contribution in [0.1, 0.15) is 23.1 Å². The fourth-order valence-corrected chi connectivity index (χ4v) is 4.10. The Morgan fingerprint density at radius 3 is 2.32 bits per heavy atom. The van der Waals surface area contributed by atoms with E-state index in [4.69, 9.17) is 14.2 Å². The van der Waals surface area contributed by atoms with Gasteiger partial charge in [0.2, 0.25) is 0 Å². The third kappa shape index (κ3) is 5.77. The second-order valence-electron chi connectivity index (χ2n) is 7.28. The number of nitrogens with zero attached hydrogens (tertiary/aromatic N) is 3. The van der Waals surface area contributed by atoms with Gasteiger partial charge < -0.3 is 14.2 Å². The number of ether oxygens (including phenoxy) is 3. The third-order valence-electron chi connectivity index (χ3n) is 4.98. The van der Waals surface area contributed by atoms with Crippen molar-refractivity contribution in [2.24, 2.45) is 0 Å². The molecule has 0 aliphatic heterocycles. The van der Waals surface area contributed by atoms with Gasteiger partial charge >= 0.3 is 0 Å². The zero-order chi connectivity index (χ0) is 23.8. The van der Waals surface area contributed by atoms with E-state index in [0.717, 1.165) is 22.3 Å². The van der Waals surface area contributed by atoms with Gasteiger partial charge in [-0.05, 0) is 55.5 Å². The SMILES string of the molecule is COc1ccc(OCc2nnc(SCCOc3ccccc3C(C)=O)n2-c2ccccc2)cc1. The fourth-order valence-electron chi connectivity index (χ4n) is 3.31. The van der Waals surface area contributed by atoms with Crippen LogP contribution in [0.25, 0.3) is 5.69 Å². The van der Waals surface area contributed by atoms with Crippen LogP contribution in [0.5, 0.6) is 17.2 Å². The summed E-state index contributed by atoms with van der Waals surface area (Å²) in [6, 6.07) is 24.6. The maximum atomic E-state index is 11.8. The van der Waals surface area contributed by atoms with Crippen molar-refractivity contribution < 1.29 is 19.0 Å². The summed E-state index contributed by atoms with van der Waals surface area (Å²) < 4.78 is 19.0. The molecule has 3 aromatic carbocycles. The molecule has 0 atom stereocenters. The molecule has 0 saturated carbocycles. The largest absolute Gasteiger partial charge is 0.497 e. The smallest absolute Gasteiger partial charge is 0.196 e. The molecule has 0 aliphatic rings. The molecule has 0 saturated heterocycles. The molecule has 4 aromatic rings. The van der Waals surface area contributed by atoms with E-state index >= 15 is 0 Å². The van der Waals surface area contributed by atoms with Crippen LogP contribution in [0, 0.1) is 0 Å². The molecule has 174 valence electrons. The first-order valence-corrected chi connectivity index (χ1v) is 11.8. The predicted molar refractivity (Wildman–Crippen MR) is 131 cm³/mol. The monoisotopic (exact) mass is 475 g/mol. The molecule has 4 rings (SSSR count). The molecule has 7 nitrogen and oxygen atoms in total. The molecule has 0 N–H and O–H groups in total. The average molecular weight is 476 g/mol. The van der Waals surface area contributed by atoms with Crippen molar-refractivity contribution in [1.29, 1.82) is 0 Å². The van der Waals surface area contributed by atoms with Crippen LogP contribution >= 0.6 is 11.8 Å². The number of ketones is 1. The van der Waals surface area contributed by atoms with Gasteiger partial charge in [-0.3, -0.25) is 9.36 Å². The molecule has 8 heteroatoms. The number of hydrogen-bond acceptors (Lipinski definition) is 7. The summed E-state index contributed by atoms with van der Waals surface area (Å²) in [5, 5.41) is 9.50. The van der Waals surface area contributed by atoms with Crippen LogP contribution < -0.4 is 14.2 Å². The number of carbonyl (C=O) groups is 1. The Hall–Kier alpha value is -3.78. The predicted octanol–water partition coefficient (Wildman–Crippen LogP) is 5.23. The van der Waals surface area contributed by atoms with Crippen LogP contribution in [0.3, 0.4) is 0 Å². The number of Topliss-reactive ketones (excluding diaryl/α,β-unsaturated/α-hetero) is 1. The molecule has 0 unspecified atom stereocenters. The first kappa shape index (κ1) is 23.4. The first-order chi connectivity index (χ1) is 16.7. The number of aromatic nitrogens is 3. The molecular weight excluding hydrogens is 450 g/mol. The zero-order valence-electron chi connectivity index (χ0n) is 19.0. The van der Waals surface area contributed by atoms with E-state index in [0.29, 0.717) is 29.5 Å². The summed E-state index contributed by atoms with van der Waals surface area (Å²) in [6.07, 6.45) is 0. The van der Waals surface area contributed by atoms with Gasteiger partial charge in [-0.2, -0.15) is 0 Å². The maximum Gasteiger partial charge on any atom is 0.196 e. The lowest BCUT2D eigenvalue weighted by atomic mass is 10.1. The van der Waals surface area contributed by atoms with Crippen molar-refractivity contribution >= 4 is 17.5 Å². The van der Waals surface area contributed by atoms with Crippen LogP contribution in [0.15, 0.2) is 84.0 Å². The summed E-state index contributed by atoms with van der Waals surface area (Å²) in [4.78, 5) is 11.8. The highest BCUT2D eigenvalue weighted by Crippen LogP contribution is 2.25. The van der Waals surface area contributed by atoms with E-state index in [9.17, 15) is 4.79 Å². The fraction of sp³-hybridized carbons (Fsp3) is 0.192. The van der Waals surface area contributed by atoms with E-state index in [-0.39, 0.29) is 12.4 Å². The van der Waals surface area contributed by atoms with Gasteiger partial charge in [0.1, 0.15) is 23.9 Å². The van der Waals surface area contributed by atoms with E-state index in [2.05, 4.69) is 10.2 Å². The first-order valence-electron chi connectivity index (χ1n) is 10.8. The van der Waals surface area contributed by atoms with Crippen LogP contribution in [-0.4, -0.2) is 40.0 Å². The number of hydrogen-bond donors (Lipinski definition) is 0. The van der Waals surface area contributed by atoms with Crippen molar-refractivity contribution in [2.45, 2.75) is 18.7 Å². The Labute approximate surface area is 202 Å². The topological polar surface area (TPSA) is 75.5 Å². The Bertz CT molecular complexity index is 1230. The summed E-state index contributed by atoms with van der Waals surface area (Å²) in [5.41, 5.74) is 1.53. The van der Waals surface area contributed by atoms with Crippen molar-refractivity contribution in [2.75, 3.05) is 19.5 Å². The van der Waals surface area contributed by atoms with Gasteiger partial charge in [-0.15, -0.1) is 10.2 Å². The van der Waals surface area contributed by atoms with Crippen LogP contribution in [0.4, 0.5) is 0 Å². The Morgan fingerprint density at radius 2 is 1.59 bits per heavy atom. The molecule has 1 heterocycles. The van der Waals surface area contributed by atoms with Crippen molar-refractivity contribution in [3.05, 3.63) is 90.3 Å². The molecular formula is C26H25N3O4S. The van der Waals surface area contributed by atoms with Crippen molar-refractivity contribution in [1.82, 2.24) is 14.8 Å². The molecule has 34 heavy (non-hydrogen) atoms. The van der Waals surface area contributed by atoms with Crippen molar-refractivity contribution in [3.63, 3.8) is 0 Å². The zero-order valence-corrected chi connectivity index (χ0v) is 19.8. The molecule has 0 spiro atoms. The third-order valence-corrected chi connectivity index (χ3v) is 5.87. The second kappa shape index (κ2) is 11.4. The summed E-state index contributed by atoms with van der Waals surface area (Å²) in [7, 11) is 1.63. The lowest BCUT2D eigenvalue weighted by molar-refractivity contribution is 0.101. The number of benzene rings is 3. The van der Waals surface area contributed by atoms with Gasteiger partial charge in [-0.1, -0.05) is 42.1 Å². The number of rotatable bonds is 11. The highest BCUT2D eigenvalue weighted by Gasteiger charge is 2.15. The van der Waals surface area contributed by atoms with Gasteiger partial charge in [0.25, 0.3) is 0 Å². The summed E-state index contributed by atoms with van der Waals surface area (Å²) in [5.74, 6) is 3.38. The Balaban J connectivity index is 1.44. The van der Waals surface area contributed by atoms with Crippen LogP contribution in [0.2, 0.25) is 0 Å². The standard InChI is InChI=1S/C26H25N3O4S/c1-19(30)23-10-6-7-11-24(23)32-16-17-34-26-28-27-25(29(26)20-8-4-3-5-9-20)18-33-22-14-12-21(31-2)13-15-22/h3-15H,16-18H2,1-2H3. The molecule has 0 amide bonds. The minimum Gasteiger partial charge on any atom is -0.497 e. The maximum absolute atomic E-state index is 11.8. The minimum atomic E-state index is -0.0198. The Kier molecular flexibility index (Phi) is 7.83. The number of methoxy groups -OCH3 is 1. The minimum absolute atomic E-state index is 0.0198. The van der Waals surface area contributed by atoms with E-state index in [1.165, 1.54) is 18.7 Å². The summed E-state index contributed by atoms with van der Waals surface area (Å²) in [6.45, 7) is 2.22. The van der Waals surface area contributed by atoms with E-state index in [1.54, 1.807) is 13.2 Å². The molecule has 0 aliphatic carbocycles. The van der Waals surface area contributed by atoms with Gasteiger partial charge in [0.05, 0.1) is 19.3 Å². The molecule has 1 aromatic heterocycles. The highest BCUT2D eigenvalue weighted by molar-refractivity contribution is 7.99. The van der Waals surface area contributed by atoms with Gasteiger partial charge in [0.15, 0.2) is 16.8 Å². The normalized spacial score (nSPS) is 10.6. The highest BCUT2D eigenvalue weighted by atomic mass is 32.2. The summed E-state index contributed by atoms with van der Waals surface area (Å²) >= 11 is 1.53. The van der Waals surface area contributed by atoms with Gasteiger partial charge in [-0.25, -0.2) is 0 Å².